The van der Waals surface area contributed by atoms with Crippen LogP contribution >= 0.6 is 15.9 Å². The van der Waals surface area contributed by atoms with Gasteiger partial charge in [-0.05, 0) is 31.0 Å². The van der Waals surface area contributed by atoms with Gasteiger partial charge in [0.25, 0.3) is 5.91 Å². The summed E-state index contributed by atoms with van der Waals surface area (Å²) in [5.74, 6) is 0.756. The van der Waals surface area contributed by atoms with E-state index in [-0.39, 0.29) is 5.91 Å². The number of hydrogen-bond donors (Lipinski definition) is 1. The number of carbonyl (C=O) groups is 1. The molecule has 0 spiro atoms. The molecule has 0 aromatic heterocycles. The number of carbonyl (C=O) groups excluding carboxylic acids is 1. The van der Waals surface area contributed by atoms with Crippen LogP contribution in [0.2, 0.25) is 0 Å². The predicted molar refractivity (Wildman–Crippen MR) is 80.1 cm³/mol. The number of nitrogens with one attached hydrogen (secondary N) is 1. The largest absolute Gasteiger partial charge is 0.493 e. The molecule has 1 fully saturated rings. The number of amides is 1. The van der Waals surface area contributed by atoms with E-state index in [1.807, 2.05) is 18.2 Å². The van der Waals surface area contributed by atoms with E-state index in [0.717, 1.165) is 23.9 Å². The van der Waals surface area contributed by atoms with Gasteiger partial charge in [0.15, 0.2) is 0 Å². The lowest BCUT2D eigenvalue weighted by Gasteiger charge is -2.22. The number of alkyl halides is 1. The van der Waals surface area contributed by atoms with Gasteiger partial charge < -0.3 is 10.1 Å². The Balaban J connectivity index is 1.93. The third-order valence-electron chi connectivity index (χ3n) is 3.38. The molecule has 4 heteroatoms. The number of hydrogen-bond acceptors (Lipinski definition) is 2. The van der Waals surface area contributed by atoms with Gasteiger partial charge in [-0.25, -0.2) is 0 Å². The average molecular weight is 326 g/mol. The molecule has 19 heavy (non-hydrogen) atoms. The van der Waals surface area contributed by atoms with Crippen LogP contribution in [-0.2, 0) is 0 Å². The van der Waals surface area contributed by atoms with E-state index in [4.69, 9.17) is 4.74 Å². The van der Waals surface area contributed by atoms with Crippen molar-refractivity contribution in [1.29, 1.82) is 0 Å². The Kier molecular flexibility index (Phi) is 5.70. The third-order valence-corrected chi connectivity index (χ3v) is 3.71. The Hall–Kier alpha value is -1.03. The third kappa shape index (κ3) is 4.53. The first kappa shape index (κ1) is 14.4. The second-order valence-corrected chi connectivity index (χ2v) is 5.67. The molecule has 1 amide bonds. The zero-order valence-corrected chi connectivity index (χ0v) is 12.6. The van der Waals surface area contributed by atoms with E-state index < -0.39 is 0 Å². The number of benzene rings is 1. The summed E-state index contributed by atoms with van der Waals surface area (Å²) in [5.41, 5.74) is 0.678. The molecule has 1 aromatic rings. The van der Waals surface area contributed by atoms with E-state index in [9.17, 15) is 4.79 Å². The van der Waals surface area contributed by atoms with Crippen LogP contribution in [0.25, 0.3) is 0 Å². The second-order valence-electron chi connectivity index (χ2n) is 4.87. The van der Waals surface area contributed by atoms with Gasteiger partial charge in [-0.3, -0.25) is 4.79 Å². The molecule has 0 heterocycles. The van der Waals surface area contributed by atoms with Crippen molar-refractivity contribution in [1.82, 2.24) is 5.32 Å². The maximum absolute atomic E-state index is 12.2. The quantitative estimate of drug-likeness (QED) is 0.841. The van der Waals surface area contributed by atoms with Gasteiger partial charge in [-0.1, -0.05) is 41.3 Å². The summed E-state index contributed by atoms with van der Waals surface area (Å²) in [6, 6.07) is 7.72. The highest BCUT2D eigenvalue weighted by Gasteiger charge is 2.16. The highest BCUT2D eigenvalue weighted by molar-refractivity contribution is 9.09. The lowest BCUT2D eigenvalue weighted by atomic mass is 9.95. The second kappa shape index (κ2) is 7.53. The molecule has 0 unspecified atom stereocenters. The van der Waals surface area contributed by atoms with Crippen molar-refractivity contribution in [2.24, 2.45) is 0 Å². The first-order valence-electron chi connectivity index (χ1n) is 6.89. The fraction of sp³-hybridized carbons (Fsp3) is 0.533. The van der Waals surface area contributed by atoms with Crippen LogP contribution in [0.5, 0.6) is 5.75 Å². The van der Waals surface area contributed by atoms with Gasteiger partial charge in [0.05, 0.1) is 6.61 Å². The van der Waals surface area contributed by atoms with E-state index in [1.165, 1.54) is 19.3 Å². The van der Waals surface area contributed by atoms with Crippen LogP contribution in [0, 0.1) is 0 Å². The minimum absolute atomic E-state index is 0.0104. The van der Waals surface area contributed by atoms with Crippen molar-refractivity contribution >= 4 is 21.8 Å². The zero-order chi connectivity index (χ0) is 13.5. The molecule has 0 bridgehead atoms. The van der Waals surface area contributed by atoms with Crippen LogP contribution in [0.1, 0.15) is 42.5 Å². The molecule has 1 aliphatic carbocycles. The summed E-state index contributed by atoms with van der Waals surface area (Å²) in [5, 5.41) is 3.90. The predicted octanol–water partition coefficient (Wildman–Crippen LogP) is 3.52. The fourth-order valence-corrected chi connectivity index (χ4v) is 2.56. The van der Waals surface area contributed by atoms with Crippen molar-refractivity contribution in [2.75, 3.05) is 11.9 Å². The topological polar surface area (TPSA) is 38.3 Å². The maximum Gasteiger partial charge on any atom is 0.251 e. The highest BCUT2D eigenvalue weighted by atomic mass is 79.9. The number of ether oxygens (including phenoxy) is 1. The molecule has 1 aromatic carbocycles. The smallest absolute Gasteiger partial charge is 0.251 e. The number of rotatable bonds is 5. The molecule has 0 aliphatic heterocycles. The Bertz CT molecular complexity index is 416. The van der Waals surface area contributed by atoms with Crippen molar-refractivity contribution in [3.05, 3.63) is 29.8 Å². The van der Waals surface area contributed by atoms with Gasteiger partial charge in [0.2, 0.25) is 0 Å². The normalized spacial score (nSPS) is 16.1. The number of halogens is 1. The molecule has 0 atom stereocenters. The van der Waals surface area contributed by atoms with E-state index in [1.54, 1.807) is 6.07 Å². The van der Waals surface area contributed by atoms with Gasteiger partial charge in [0, 0.05) is 16.9 Å². The molecule has 1 N–H and O–H groups in total. The minimum atomic E-state index is 0.0104. The molecule has 3 nitrogen and oxygen atoms in total. The highest BCUT2D eigenvalue weighted by Crippen LogP contribution is 2.19. The van der Waals surface area contributed by atoms with Crippen molar-refractivity contribution < 1.29 is 9.53 Å². The van der Waals surface area contributed by atoms with Crippen LogP contribution in [0.15, 0.2) is 24.3 Å². The minimum Gasteiger partial charge on any atom is -0.493 e. The first-order chi connectivity index (χ1) is 9.29. The van der Waals surface area contributed by atoms with Crippen molar-refractivity contribution in [3.8, 4) is 5.75 Å². The SMILES string of the molecule is O=C(NC1CCCCC1)c1cccc(OCCBr)c1. The van der Waals surface area contributed by atoms with Crippen LogP contribution in [0.4, 0.5) is 0 Å². The average Bonchev–Trinajstić information content (AvgIpc) is 2.46. The molecule has 1 saturated carbocycles. The van der Waals surface area contributed by atoms with Gasteiger partial charge >= 0.3 is 0 Å². The lowest BCUT2D eigenvalue weighted by Crippen LogP contribution is -2.36. The Morgan fingerprint density at radius 3 is 2.84 bits per heavy atom. The van der Waals surface area contributed by atoms with Crippen LogP contribution in [-0.4, -0.2) is 23.9 Å². The summed E-state index contributed by atoms with van der Waals surface area (Å²) in [6.07, 6.45) is 5.94. The molecular weight excluding hydrogens is 306 g/mol. The summed E-state index contributed by atoms with van der Waals surface area (Å²) in [7, 11) is 0. The summed E-state index contributed by atoms with van der Waals surface area (Å²) in [6.45, 7) is 0.605. The van der Waals surface area contributed by atoms with Crippen LogP contribution in [0.3, 0.4) is 0 Å². The maximum atomic E-state index is 12.2. The Morgan fingerprint density at radius 1 is 1.32 bits per heavy atom. The lowest BCUT2D eigenvalue weighted by molar-refractivity contribution is 0.0927. The first-order valence-corrected chi connectivity index (χ1v) is 8.01. The van der Waals surface area contributed by atoms with Crippen molar-refractivity contribution in [2.45, 2.75) is 38.1 Å². The molecule has 104 valence electrons. The molecule has 1 aliphatic rings. The molecule has 2 rings (SSSR count). The van der Waals surface area contributed by atoms with E-state index in [2.05, 4.69) is 21.2 Å². The summed E-state index contributed by atoms with van der Waals surface area (Å²) < 4.78 is 5.51. The van der Waals surface area contributed by atoms with Gasteiger partial charge in [-0.2, -0.15) is 0 Å². The Labute approximate surface area is 122 Å². The van der Waals surface area contributed by atoms with Crippen molar-refractivity contribution in [3.63, 3.8) is 0 Å². The van der Waals surface area contributed by atoms with Gasteiger partial charge in [-0.15, -0.1) is 0 Å². The van der Waals surface area contributed by atoms with Crippen LogP contribution < -0.4 is 10.1 Å². The summed E-state index contributed by atoms with van der Waals surface area (Å²) >= 11 is 3.32. The molecule has 0 radical (unpaired) electrons. The monoisotopic (exact) mass is 325 g/mol. The fourth-order valence-electron chi connectivity index (χ4n) is 2.40. The standard InChI is InChI=1S/C15H20BrNO2/c16-9-10-19-14-8-4-5-12(11-14)15(18)17-13-6-2-1-3-7-13/h4-5,8,11,13H,1-3,6-7,9-10H2,(H,17,18). The zero-order valence-electron chi connectivity index (χ0n) is 11.0. The van der Waals surface area contributed by atoms with Gasteiger partial charge in [0.1, 0.15) is 5.75 Å². The molecular formula is C15H20BrNO2. The summed E-state index contributed by atoms with van der Waals surface area (Å²) in [4.78, 5) is 12.2. The van der Waals surface area contributed by atoms with E-state index in [0.29, 0.717) is 18.2 Å². The molecule has 0 saturated heterocycles. The Morgan fingerprint density at radius 2 is 2.11 bits per heavy atom. The van der Waals surface area contributed by atoms with E-state index >= 15 is 0 Å².